The second kappa shape index (κ2) is 6.62. The fraction of sp³-hybridized carbons (Fsp3) is 0.500. The highest BCUT2D eigenvalue weighted by Crippen LogP contribution is 2.37. The third kappa shape index (κ3) is 3.06. The SMILES string of the molecule is CCc1onc(C)c1[C@@H]1CCCN1Cc1ccc(O)c(OC)c1. The summed E-state index contributed by atoms with van der Waals surface area (Å²) < 4.78 is 10.7. The van der Waals surface area contributed by atoms with Crippen LogP contribution in [0, 0.1) is 6.92 Å². The molecule has 0 unspecified atom stereocenters. The molecular formula is C18H24N2O3. The Morgan fingerprint density at radius 1 is 1.43 bits per heavy atom. The average molecular weight is 316 g/mol. The molecule has 1 N–H and O–H groups in total. The molecule has 0 aliphatic carbocycles. The second-order valence-corrected chi connectivity index (χ2v) is 6.09. The van der Waals surface area contributed by atoms with Crippen LogP contribution in [-0.2, 0) is 13.0 Å². The molecule has 0 spiro atoms. The Morgan fingerprint density at radius 2 is 2.26 bits per heavy atom. The molecule has 0 bridgehead atoms. The van der Waals surface area contributed by atoms with Crippen LogP contribution < -0.4 is 4.74 Å². The van der Waals surface area contributed by atoms with Gasteiger partial charge in [0, 0.05) is 24.6 Å². The van der Waals surface area contributed by atoms with Gasteiger partial charge in [0.2, 0.25) is 0 Å². The molecule has 1 saturated heterocycles. The summed E-state index contributed by atoms with van der Waals surface area (Å²) in [7, 11) is 1.57. The fourth-order valence-electron chi connectivity index (χ4n) is 3.50. The van der Waals surface area contributed by atoms with E-state index < -0.39 is 0 Å². The molecule has 0 radical (unpaired) electrons. The third-order valence-corrected chi connectivity index (χ3v) is 4.63. The summed E-state index contributed by atoms with van der Waals surface area (Å²) in [5, 5.41) is 13.9. The monoisotopic (exact) mass is 316 g/mol. The maximum absolute atomic E-state index is 9.74. The largest absolute Gasteiger partial charge is 0.504 e. The number of likely N-dealkylation sites (tertiary alicyclic amines) is 1. The van der Waals surface area contributed by atoms with E-state index in [1.165, 1.54) is 12.0 Å². The number of aryl methyl sites for hydroxylation is 2. The molecule has 124 valence electrons. The Bertz CT molecular complexity index is 681. The summed E-state index contributed by atoms with van der Waals surface area (Å²) in [4.78, 5) is 2.46. The molecule has 0 amide bonds. The molecule has 1 aromatic heterocycles. The molecule has 1 fully saturated rings. The molecule has 0 saturated carbocycles. The van der Waals surface area contributed by atoms with Crippen LogP contribution in [0.5, 0.6) is 11.5 Å². The van der Waals surface area contributed by atoms with Crippen LogP contribution in [0.3, 0.4) is 0 Å². The number of nitrogens with zero attached hydrogens (tertiary/aromatic N) is 2. The first-order valence-corrected chi connectivity index (χ1v) is 8.19. The maximum atomic E-state index is 9.74. The predicted molar refractivity (Wildman–Crippen MR) is 87.7 cm³/mol. The molecule has 23 heavy (non-hydrogen) atoms. The standard InChI is InChI=1S/C18H24N2O3/c1-4-16-18(12(2)19-23-16)14-6-5-9-20(14)11-13-7-8-15(21)17(10-13)22-3/h7-8,10,14,21H,4-6,9,11H2,1-3H3/t14-/m0/s1. The van der Waals surface area contributed by atoms with Crippen LogP contribution in [0.4, 0.5) is 0 Å². The molecule has 1 aliphatic rings. The first-order chi connectivity index (χ1) is 11.1. The summed E-state index contributed by atoms with van der Waals surface area (Å²) in [5.74, 6) is 1.70. The number of aromatic hydroxyl groups is 1. The summed E-state index contributed by atoms with van der Waals surface area (Å²) >= 11 is 0. The average Bonchev–Trinajstić information content (AvgIpc) is 3.14. The number of ether oxygens (including phenoxy) is 1. The quantitative estimate of drug-likeness (QED) is 0.913. The summed E-state index contributed by atoms with van der Waals surface area (Å²) in [6, 6.07) is 5.91. The van der Waals surface area contributed by atoms with E-state index in [0.717, 1.165) is 42.9 Å². The molecule has 2 heterocycles. The number of hydrogen-bond donors (Lipinski definition) is 1. The molecule has 5 nitrogen and oxygen atoms in total. The number of phenols is 1. The minimum Gasteiger partial charge on any atom is -0.504 e. The van der Waals surface area contributed by atoms with Gasteiger partial charge in [-0.1, -0.05) is 18.1 Å². The highest BCUT2D eigenvalue weighted by molar-refractivity contribution is 5.41. The van der Waals surface area contributed by atoms with Crippen molar-refractivity contribution in [1.82, 2.24) is 10.1 Å². The lowest BCUT2D eigenvalue weighted by Crippen LogP contribution is -2.23. The van der Waals surface area contributed by atoms with Gasteiger partial charge < -0.3 is 14.4 Å². The minimum atomic E-state index is 0.178. The van der Waals surface area contributed by atoms with Crippen molar-refractivity contribution in [2.75, 3.05) is 13.7 Å². The lowest BCUT2D eigenvalue weighted by Gasteiger charge is -2.25. The van der Waals surface area contributed by atoms with E-state index in [-0.39, 0.29) is 5.75 Å². The van der Waals surface area contributed by atoms with Gasteiger partial charge in [0.15, 0.2) is 11.5 Å². The van der Waals surface area contributed by atoms with Gasteiger partial charge in [-0.3, -0.25) is 4.90 Å². The van der Waals surface area contributed by atoms with E-state index in [1.807, 2.05) is 19.1 Å². The highest BCUT2D eigenvalue weighted by atomic mass is 16.5. The molecule has 5 heteroatoms. The topological polar surface area (TPSA) is 58.7 Å². The molecule has 1 aliphatic heterocycles. The number of benzene rings is 1. The Labute approximate surface area is 136 Å². The van der Waals surface area contributed by atoms with Crippen LogP contribution >= 0.6 is 0 Å². The van der Waals surface area contributed by atoms with Crippen molar-refractivity contribution >= 4 is 0 Å². The van der Waals surface area contributed by atoms with Crippen molar-refractivity contribution in [2.24, 2.45) is 0 Å². The third-order valence-electron chi connectivity index (χ3n) is 4.63. The normalized spacial score (nSPS) is 18.5. The van der Waals surface area contributed by atoms with Crippen LogP contribution in [0.15, 0.2) is 22.7 Å². The van der Waals surface area contributed by atoms with E-state index >= 15 is 0 Å². The van der Waals surface area contributed by atoms with Crippen molar-refractivity contribution in [1.29, 1.82) is 0 Å². The first-order valence-electron chi connectivity index (χ1n) is 8.19. The highest BCUT2D eigenvalue weighted by Gasteiger charge is 2.31. The second-order valence-electron chi connectivity index (χ2n) is 6.09. The maximum Gasteiger partial charge on any atom is 0.160 e. The summed E-state index contributed by atoms with van der Waals surface area (Å²) in [6.07, 6.45) is 3.17. The molecular weight excluding hydrogens is 292 g/mol. The Kier molecular flexibility index (Phi) is 4.57. The number of hydrogen-bond acceptors (Lipinski definition) is 5. The van der Waals surface area contributed by atoms with E-state index in [2.05, 4.69) is 17.0 Å². The van der Waals surface area contributed by atoms with Gasteiger partial charge in [0.05, 0.1) is 12.8 Å². The molecule has 2 aromatic rings. The Morgan fingerprint density at radius 3 is 3.00 bits per heavy atom. The zero-order chi connectivity index (χ0) is 16.4. The minimum absolute atomic E-state index is 0.178. The number of methoxy groups -OCH3 is 1. The van der Waals surface area contributed by atoms with Crippen molar-refractivity contribution in [3.05, 3.63) is 40.8 Å². The van der Waals surface area contributed by atoms with Crippen LogP contribution in [-0.4, -0.2) is 28.8 Å². The lowest BCUT2D eigenvalue weighted by molar-refractivity contribution is 0.244. The van der Waals surface area contributed by atoms with Gasteiger partial charge >= 0.3 is 0 Å². The lowest BCUT2D eigenvalue weighted by atomic mass is 10.0. The van der Waals surface area contributed by atoms with Crippen molar-refractivity contribution in [3.63, 3.8) is 0 Å². The predicted octanol–water partition coefficient (Wildman–Crippen LogP) is 3.60. The zero-order valence-corrected chi connectivity index (χ0v) is 14.0. The van der Waals surface area contributed by atoms with E-state index in [1.54, 1.807) is 13.2 Å². The van der Waals surface area contributed by atoms with E-state index in [4.69, 9.17) is 9.26 Å². The van der Waals surface area contributed by atoms with Crippen LogP contribution in [0.25, 0.3) is 0 Å². The first kappa shape index (κ1) is 15.9. The Balaban J connectivity index is 1.83. The number of rotatable bonds is 5. The van der Waals surface area contributed by atoms with Gasteiger partial charge in [-0.2, -0.15) is 0 Å². The van der Waals surface area contributed by atoms with Gasteiger partial charge in [-0.05, 0) is 44.0 Å². The van der Waals surface area contributed by atoms with E-state index in [9.17, 15) is 5.11 Å². The van der Waals surface area contributed by atoms with Crippen LogP contribution in [0.1, 0.15) is 48.4 Å². The Hall–Kier alpha value is -2.01. The summed E-state index contributed by atoms with van der Waals surface area (Å²) in [6.45, 7) is 6.02. The van der Waals surface area contributed by atoms with Crippen molar-refractivity contribution in [2.45, 2.75) is 45.7 Å². The number of aromatic nitrogens is 1. The fourth-order valence-corrected chi connectivity index (χ4v) is 3.50. The van der Waals surface area contributed by atoms with E-state index in [0.29, 0.717) is 11.8 Å². The molecule has 1 atom stereocenters. The van der Waals surface area contributed by atoms with Gasteiger partial charge in [-0.25, -0.2) is 0 Å². The molecule has 1 aromatic carbocycles. The van der Waals surface area contributed by atoms with Crippen LogP contribution in [0.2, 0.25) is 0 Å². The van der Waals surface area contributed by atoms with Crippen molar-refractivity contribution in [3.8, 4) is 11.5 Å². The zero-order valence-electron chi connectivity index (χ0n) is 14.0. The van der Waals surface area contributed by atoms with Gasteiger partial charge in [-0.15, -0.1) is 0 Å². The van der Waals surface area contributed by atoms with Crippen molar-refractivity contribution < 1.29 is 14.4 Å². The van der Waals surface area contributed by atoms with Gasteiger partial charge in [0.25, 0.3) is 0 Å². The molecule has 3 rings (SSSR count). The summed E-state index contributed by atoms with van der Waals surface area (Å²) in [5.41, 5.74) is 3.40. The van der Waals surface area contributed by atoms with Gasteiger partial charge in [0.1, 0.15) is 5.76 Å². The smallest absolute Gasteiger partial charge is 0.160 e. The number of phenolic OH excluding ortho intramolecular Hbond substituents is 1.